The number of ether oxygens (including phenoxy) is 1. The highest BCUT2D eigenvalue weighted by Crippen LogP contribution is 2.03. The molecule has 0 heterocycles. The Bertz CT molecular complexity index is 136. The van der Waals surface area contributed by atoms with Crippen LogP contribution in [0.15, 0.2) is 0 Å². The van der Waals surface area contributed by atoms with Gasteiger partial charge in [0, 0.05) is 19.7 Å². The van der Waals surface area contributed by atoms with E-state index in [1.165, 1.54) is 32.4 Å². The van der Waals surface area contributed by atoms with Crippen molar-refractivity contribution in [1.82, 2.24) is 10.2 Å². The van der Waals surface area contributed by atoms with Gasteiger partial charge in [-0.1, -0.05) is 20.8 Å². The Morgan fingerprint density at radius 1 is 1.06 bits per heavy atom. The van der Waals surface area contributed by atoms with Crippen molar-refractivity contribution in [2.45, 2.75) is 46.1 Å². The van der Waals surface area contributed by atoms with Crippen molar-refractivity contribution in [2.75, 3.05) is 39.9 Å². The third-order valence-corrected chi connectivity index (χ3v) is 2.70. The van der Waals surface area contributed by atoms with E-state index in [1.54, 1.807) is 7.11 Å². The van der Waals surface area contributed by atoms with Crippen LogP contribution in [0.25, 0.3) is 0 Å². The molecule has 0 bridgehead atoms. The van der Waals surface area contributed by atoms with Crippen LogP contribution in [0, 0.1) is 0 Å². The number of nitrogens with zero attached hydrogens (tertiary/aromatic N) is 1. The van der Waals surface area contributed by atoms with Crippen LogP contribution in [0.5, 0.6) is 0 Å². The summed E-state index contributed by atoms with van der Waals surface area (Å²) < 4.78 is 5.33. The van der Waals surface area contributed by atoms with E-state index in [9.17, 15) is 0 Å². The quantitative estimate of drug-likeness (QED) is 0.550. The maximum atomic E-state index is 5.33. The Balaban J connectivity index is 4.08. The highest BCUT2D eigenvalue weighted by atomic mass is 16.5. The monoisotopic (exact) mass is 230 g/mol. The molecular formula is C13H30N2O. The first-order valence-electron chi connectivity index (χ1n) is 6.73. The zero-order valence-electron chi connectivity index (χ0n) is 11.6. The summed E-state index contributed by atoms with van der Waals surface area (Å²) >= 11 is 0. The first-order chi connectivity index (χ1) is 7.79. The number of nitrogens with one attached hydrogen (secondary N) is 1. The molecule has 0 aromatic heterocycles. The van der Waals surface area contributed by atoms with Crippen LogP contribution in [0.4, 0.5) is 0 Å². The zero-order chi connectivity index (χ0) is 12.2. The molecule has 0 aliphatic carbocycles. The van der Waals surface area contributed by atoms with Gasteiger partial charge in [0.2, 0.25) is 0 Å². The van der Waals surface area contributed by atoms with Crippen molar-refractivity contribution in [3.63, 3.8) is 0 Å². The van der Waals surface area contributed by atoms with E-state index in [2.05, 4.69) is 31.0 Å². The van der Waals surface area contributed by atoms with Gasteiger partial charge in [0.25, 0.3) is 0 Å². The summed E-state index contributed by atoms with van der Waals surface area (Å²) in [6.45, 7) is 12.0. The minimum absolute atomic E-state index is 0.524. The van der Waals surface area contributed by atoms with E-state index >= 15 is 0 Å². The molecule has 1 atom stereocenters. The SMILES string of the molecule is CCCNCC(COC)N(CCC)CCC. The fourth-order valence-electron chi connectivity index (χ4n) is 1.98. The molecule has 3 nitrogen and oxygen atoms in total. The fourth-order valence-corrected chi connectivity index (χ4v) is 1.98. The molecule has 0 saturated carbocycles. The van der Waals surface area contributed by atoms with Gasteiger partial charge in [-0.15, -0.1) is 0 Å². The minimum atomic E-state index is 0.524. The van der Waals surface area contributed by atoms with Gasteiger partial charge in [-0.05, 0) is 38.9 Å². The van der Waals surface area contributed by atoms with Crippen LogP contribution in [0.3, 0.4) is 0 Å². The molecule has 0 amide bonds. The van der Waals surface area contributed by atoms with Gasteiger partial charge in [0.1, 0.15) is 0 Å². The lowest BCUT2D eigenvalue weighted by atomic mass is 10.2. The molecule has 1 unspecified atom stereocenters. The topological polar surface area (TPSA) is 24.5 Å². The minimum Gasteiger partial charge on any atom is -0.383 e. The van der Waals surface area contributed by atoms with Crippen LogP contribution >= 0.6 is 0 Å². The Hall–Kier alpha value is -0.120. The normalized spacial score (nSPS) is 13.3. The molecule has 0 aliphatic rings. The lowest BCUT2D eigenvalue weighted by molar-refractivity contribution is 0.0889. The first-order valence-corrected chi connectivity index (χ1v) is 6.73. The number of methoxy groups -OCH3 is 1. The van der Waals surface area contributed by atoms with Crippen LogP contribution in [-0.4, -0.2) is 50.8 Å². The third-order valence-electron chi connectivity index (χ3n) is 2.70. The molecule has 0 spiro atoms. The summed E-state index contributed by atoms with van der Waals surface area (Å²) in [4.78, 5) is 2.55. The molecule has 16 heavy (non-hydrogen) atoms. The fraction of sp³-hybridized carbons (Fsp3) is 1.00. The second-order valence-electron chi connectivity index (χ2n) is 4.35. The zero-order valence-corrected chi connectivity index (χ0v) is 11.6. The maximum absolute atomic E-state index is 5.33. The van der Waals surface area contributed by atoms with Gasteiger partial charge in [-0.2, -0.15) is 0 Å². The Kier molecular flexibility index (Phi) is 11.3. The standard InChI is InChI=1S/C13H30N2O/c1-5-8-14-11-13(12-16-4)15(9-6-2)10-7-3/h13-14H,5-12H2,1-4H3. The van der Waals surface area contributed by atoms with Gasteiger partial charge < -0.3 is 10.1 Å². The molecular weight excluding hydrogens is 200 g/mol. The largest absolute Gasteiger partial charge is 0.383 e. The lowest BCUT2D eigenvalue weighted by Crippen LogP contribution is -2.46. The van der Waals surface area contributed by atoms with Crippen molar-refractivity contribution in [3.05, 3.63) is 0 Å². The molecule has 0 radical (unpaired) electrons. The van der Waals surface area contributed by atoms with Crippen molar-refractivity contribution in [2.24, 2.45) is 0 Å². The summed E-state index contributed by atoms with van der Waals surface area (Å²) in [5, 5.41) is 3.50. The third kappa shape index (κ3) is 7.20. The lowest BCUT2D eigenvalue weighted by Gasteiger charge is -2.31. The van der Waals surface area contributed by atoms with Gasteiger partial charge in [-0.3, -0.25) is 4.90 Å². The molecule has 3 heteroatoms. The van der Waals surface area contributed by atoms with Gasteiger partial charge >= 0.3 is 0 Å². The maximum Gasteiger partial charge on any atom is 0.0630 e. The molecule has 0 aliphatic heterocycles. The van der Waals surface area contributed by atoms with E-state index in [0.717, 1.165) is 19.7 Å². The van der Waals surface area contributed by atoms with Crippen LogP contribution in [0.2, 0.25) is 0 Å². The Labute approximate surface area is 102 Å². The van der Waals surface area contributed by atoms with Crippen molar-refractivity contribution in [3.8, 4) is 0 Å². The molecule has 0 aromatic carbocycles. The predicted molar refractivity (Wildman–Crippen MR) is 71.0 cm³/mol. The average Bonchev–Trinajstić information content (AvgIpc) is 2.28. The average molecular weight is 230 g/mol. The van der Waals surface area contributed by atoms with Gasteiger partial charge in [0.15, 0.2) is 0 Å². The molecule has 0 fully saturated rings. The summed E-state index contributed by atoms with van der Waals surface area (Å²) in [5.74, 6) is 0. The van der Waals surface area contributed by atoms with Crippen molar-refractivity contribution >= 4 is 0 Å². The van der Waals surface area contributed by atoms with Crippen molar-refractivity contribution < 1.29 is 4.74 Å². The summed E-state index contributed by atoms with van der Waals surface area (Å²) in [7, 11) is 1.79. The highest BCUT2D eigenvalue weighted by Gasteiger charge is 2.16. The van der Waals surface area contributed by atoms with E-state index in [0.29, 0.717) is 6.04 Å². The number of rotatable bonds is 11. The Morgan fingerprint density at radius 2 is 1.69 bits per heavy atom. The smallest absolute Gasteiger partial charge is 0.0630 e. The highest BCUT2D eigenvalue weighted by molar-refractivity contribution is 4.73. The molecule has 0 saturated heterocycles. The summed E-state index contributed by atoms with van der Waals surface area (Å²) in [5.41, 5.74) is 0. The van der Waals surface area contributed by atoms with Crippen LogP contribution < -0.4 is 5.32 Å². The van der Waals surface area contributed by atoms with Crippen molar-refractivity contribution in [1.29, 1.82) is 0 Å². The van der Waals surface area contributed by atoms with E-state index in [1.807, 2.05) is 0 Å². The molecule has 0 aromatic rings. The first kappa shape index (κ1) is 15.9. The van der Waals surface area contributed by atoms with Gasteiger partial charge in [-0.25, -0.2) is 0 Å². The number of hydrogen-bond acceptors (Lipinski definition) is 3. The number of hydrogen-bond donors (Lipinski definition) is 1. The summed E-state index contributed by atoms with van der Waals surface area (Å²) in [6, 6.07) is 0.524. The van der Waals surface area contributed by atoms with E-state index in [-0.39, 0.29) is 0 Å². The second-order valence-corrected chi connectivity index (χ2v) is 4.35. The molecule has 1 N–H and O–H groups in total. The summed E-state index contributed by atoms with van der Waals surface area (Å²) in [6.07, 6.45) is 3.63. The van der Waals surface area contributed by atoms with E-state index < -0.39 is 0 Å². The molecule has 0 rings (SSSR count). The van der Waals surface area contributed by atoms with Crippen LogP contribution in [-0.2, 0) is 4.74 Å². The predicted octanol–water partition coefficient (Wildman–Crippen LogP) is 2.12. The molecule has 98 valence electrons. The second kappa shape index (κ2) is 11.4. The van der Waals surface area contributed by atoms with Gasteiger partial charge in [0.05, 0.1) is 6.61 Å². The van der Waals surface area contributed by atoms with E-state index in [4.69, 9.17) is 4.74 Å². The van der Waals surface area contributed by atoms with Crippen LogP contribution in [0.1, 0.15) is 40.0 Å². The Morgan fingerprint density at radius 3 is 2.12 bits per heavy atom.